The average Bonchev–Trinajstić information content (AvgIpc) is 2.73. The van der Waals surface area contributed by atoms with Crippen molar-refractivity contribution in [1.82, 2.24) is 10.3 Å². The lowest BCUT2D eigenvalue weighted by Crippen LogP contribution is -2.44. The fraction of sp³-hybridized carbons (Fsp3) is 0.533. The Labute approximate surface area is 122 Å². The Kier molecular flexibility index (Phi) is 4.16. The number of carboxylic acid groups (broad SMARTS) is 1. The zero-order valence-electron chi connectivity index (χ0n) is 12.4. The molecule has 0 aromatic carbocycles. The smallest absolute Gasteiger partial charge is 0.326 e. The third-order valence-corrected chi connectivity index (χ3v) is 3.88. The third kappa shape index (κ3) is 2.84. The molecule has 0 saturated carbocycles. The van der Waals surface area contributed by atoms with E-state index in [2.05, 4.69) is 10.3 Å². The molecule has 114 valence electrons. The van der Waals surface area contributed by atoms with E-state index in [1.807, 2.05) is 0 Å². The molecular weight excluding hydrogens is 272 g/mol. The van der Waals surface area contributed by atoms with Gasteiger partial charge in [-0.25, -0.2) is 4.79 Å². The van der Waals surface area contributed by atoms with Crippen molar-refractivity contribution in [3.8, 4) is 0 Å². The Morgan fingerprint density at radius 3 is 2.48 bits per heavy atom. The Morgan fingerprint density at radius 1 is 1.29 bits per heavy atom. The molecule has 0 bridgehead atoms. The lowest BCUT2D eigenvalue weighted by molar-refractivity contribution is -0.140. The van der Waals surface area contributed by atoms with Crippen molar-refractivity contribution in [1.29, 1.82) is 0 Å². The van der Waals surface area contributed by atoms with Gasteiger partial charge in [0, 0.05) is 17.7 Å². The number of carbonyl (C=O) groups is 3. The van der Waals surface area contributed by atoms with Crippen LogP contribution in [-0.4, -0.2) is 33.8 Å². The van der Waals surface area contributed by atoms with E-state index in [1.165, 1.54) is 0 Å². The monoisotopic (exact) mass is 292 g/mol. The number of carboxylic acids is 1. The number of carbonyl (C=O) groups excluding carboxylic acids is 2. The van der Waals surface area contributed by atoms with Crippen LogP contribution in [0.4, 0.5) is 0 Å². The second-order valence-corrected chi connectivity index (χ2v) is 5.79. The van der Waals surface area contributed by atoms with Gasteiger partial charge in [0.15, 0.2) is 5.78 Å². The molecule has 2 rings (SSSR count). The van der Waals surface area contributed by atoms with E-state index >= 15 is 0 Å². The number of aromatic amines is 1. The van der Waals surface area contributed by atoms with Crippen LogP contribution in [0.25, 0.3) is 0 Å². The van der Waals surface area contributed by atoms with E-state index in [9.17, 15) is 14.4 Å². The maximum absolute atomic E-state index is 12.3. The molecular formula is C15H20N2O4. The predicted molar refractivity (Wildman–Crippen MR) is 76.5 cm³/mol. The molecule has 0 fully saturated rings. The van der Waals surface area contributed by atoms with Crippen molar-refractivity contribution in [2.45, 2.75) is 46.1 Å². The van der Waals surface area contributed by atoms with Crippen molar-refractivity contribution < 1.29 is 19.5 Å². The maximum atomic E-state index is 12.3. The molecule has 0 spiro atoms. The van der Waals surface area contributed by atoms with E-state index in [-0.39, 0.29) is 11.7 Å². The third-order valence-electron chi connectivity index (χ3n) is 3.88. The number of rotatable bonds is 4. The SMILES string of the molecule is Cc1c(C(=O)N[C@@H](C(=O)O)C(C)C)[nH]c2c1C(=O)CCC2. The summed E-state index contributed by atoms with van der Waals surface area (Å²) >= 11 is 0. The van der Waals surface area contributed by atoms with Crippen molar-refractivity contribution in [2.24, 2.45) is 5.92 Å². The van der Waals surface area contributed by atoms with E-state index in [0.717, 1.165) is 18.5 Å². The average molecular weight is 292 g/mol. The molecule has 1 aliphatic rings. The van der Waals surface area contributed by atoms with Crippen LogP contribution in [0.1, 0.15) is 58.8 Å². The van der Waals surface area contributed by atoms with Crippen LogP contribution in [0.15, 0.2) is 0 Å². The number of aromatic nitrogens is 1. The zero-order valence-corrected chi connectivity index (χ0v) is 12.4. The van der Waals surface area contributed by atoms with E-state index in [4.69, 9.17) is 5.11 Å². The molecule has 1 heterocycles. The maximum Gasteiger partial charge on any atom is 0.326 e. The molecule has 21 heavy (non-hydrogen) atoms. The first-order valence-corrected chi connectivity index (χ1v) is 7.11. The summed E-state index contributed by atoms with van der Waals surface area (Å²) < 4.78 is 0. The quantitative estimate of drug-likeness (QED) is 0.786. The van der Waals surface area contributed by atoms with Crippen molar-refractivity contribution in [3.05, 3.63) is 22.5 Å². The normalized spacial score (nSPS) is 15.7. The highest BCUT2D eigenvalue weighted by Gasteiger charge is 2.29. The number of nitrogens with one attached hydrogen (secondary N) is 2. The standard InChI is InChI=1S/C15H20N2O4/c1-7(2)12(15(20)21)17-14(19)13-8(3)11-9(16-13)5-4-6-10(11)18/h7,12,16H,4-6H2,1-3H3,(H,17,19)(H,20,21)/t12-/m1/s1. The van der Waals surface area contributed by atoms with Crippen LogP contribution in [-0.2, 0) is 11.2 Å². The molecule has 1 aromatic rings. The molecule has 6 heteroatoms. The second-order valence-electron chi connectivity index (χ2n) is 5.79. The number of hydrogen-bond acceptors (Lipinski definition) is 3. The minimum Gasteiger partial charge on any atom is -0.480 e. The molecule has 0 unspecified atom stereocenters. The molecule has 3 N–H and O–H groups in total. The van der Waals surface area contributed by atoms with Gasteiger partial charge in [-0.2, -0.15) is 0 Å². The summed E-state index contributed by atoms with van der Waals surface area (Å²) in [7, 11) is 0. The summed E-state index contributed by atoms with van der Waals surface area (Å²) in [6, 6.07) is -0.951. The van der Waals surface area contributed by atoms with Crippen molar-refractivity contribution in [2.75, 3.05) is 0 Å². The number of aliphatic carboxylic acids is 1. The highest BCUT2D eigenvalue weighted by molar-refractivity contribution is 6.04. The molecule has 0 radical (unpaired) electrons. The predicted octanol–water partition coefficient (Wildman–Crippen LogP) is 1.68. The first kappa shape index (κ1) is 15.3. The molecule has 0 aliphatic heterocycles. The van der Waals surface area contributed by atoms with Gasteiger partial charge in [0.05, 0.1) is 0 Å². The zero-order chi connectivity index (χ0) is 15.7. The van der Waals surface area contributed by atoms with Crippen molar-refractivity contribution in [3.63, 3.8) is 0 Å². The topological polar surface area (TPSA) is 99.3 Å². The first-order chi connectivity index (χ1) is 9.82. The van der Waals surface area contributed by atoms with Crippen LogP contribution in [0.3, 0.4) is 0 Å². The van der Waals surface area contributed by atoms with Gasteiger partial charge in [-0.3, -0.25) is 9.59 Å². The van der Waals surface area contributed by atoms with E-state index in [0.29, 0.717) is 23.2 Å². The van der Waals surface area contributed by atoms with Crippen LogP contribution in [0, 0.1) is 12.8 Å². The molecule has 0 saturated heterocycles. The molecule has 1 aliphatic carbocycles. The number of hydrogen-bond donors (Lipinski definition) is 3. The van der Waals surface area contributed by atoms with Gasteiger partial charge in [-0.15, -0.1) is 0 Å². The number of ketones is 1. The molecule has 1 atom stereocenters. The largest absolute Gasteiger partial charge is 0.480 e. The first-order valence-electron chi connectivity index (χ1n) is 7.11. The van der Waals surface area contributed by atoms with Gasteiger partial charge in [0.2, 0.25) is 0 Å². The summed E-state index contributed by atoms with van der Waals surface area (Å²) in [5.74, 6) is -1.72. The highest BCUT2D eigenvalue weighted by atomic mass is 16.4. The Hall–Kier alpha value is -2.11. The summed E-state index contributed by atoms with van der Waals surface area (Å²) in [4.78, 5) is 38.4. The van der Waals surface area contributed by atoms with Gasteiger partial charge in [0.1, 0.15) is 11.7 Å². The number of aryl methyl sites for hydroxylation is 1. The fourth-order valence-corrected chi connectivity index (χ4v) is 2.73. The van der Waals surface area contributed by atoms with E-state index in [1.54, 1.807) is 20.8 Å². The highest BCUT2D eigenvalue weighted by Crippen LogP contribution is 2.26. The van der Waals surface area contributed by atoms with Crippen LogP contribution in [0.2, 0.25) is 0 Å². The number of H-pyrrole nitrogens is 1. The minimum atomic E-state index is -1.07. The van der Waals surface area contributed by atoms with Gasteiger partial charge >= 0.3 is 5.97 Å². The Balaban J connectivity index is 2.28. The number of amides is 1. The number of fused-ring (bicyclic) bond motifs is 1. The van der Waals surface area contributed by atoms with Gasteiger partial charge < -0.3 is 15.4 Å². The van der Waals surface area contributed by atoms with Gasteiger partial charge in [0.25, 0.3) is 5.91 Å². The van der Waals surface area contributed by atoms with Gasteiger partial charge in [-0.05, 0) is 31.2 Å². The van der Waals surface area contributed by atoms with Crippen LogP contribution in [0.5, 0.6) is 0 Å². The van der Waals surface area contributed by atoms with Crippen LogP contribution >= 0.6 is 0 Å². The van der Waals surface area contributed by atoms with Crippen LogP contribution < -0.4 is 5.32 Å². The summed E-state index contributed by atoms with van der Waals surface area (Å²) in [5.41, 5.74) is 2.29. The second kappa shape index (κ2) is 5.71. The fourth-order valence-electron chi connectivity index (χ4n) is 2.73. The summed E-state index contributed by atoms with van der Waals surface area (Å²) in [6.45, 7) is 5.18. The summed E-state index contributed by atoms with van der Waals surface area (Å²) in [6.07, 6.45) is 2.01. The lowest BCUT2D eigenvalue weighted by Gasteiger charge is -2.17. The minimum absolute atomic E-state index is 0.0442. The van der Waals surface area contributed by atoms with Crippen molar-refractivity contribution >= 4 is 17.7 Å². The van der Waals surface area contributed by atoms with Gasteiger partial charge in [-0.1, -0.05) is 13.8 Å². The number of Topliss-reactive ketones (excluding diaryl/α,β-unsaturated/α-hetero) is 1. The summed E-state index contributed by atoms with van der Waals surface area (Å²) in [5, 5.41) is 11.6. The molecule has 1 amide bonds. The Bertz CT molecular complexity index is 601. The lowest BCUT2D eigenvalue weighted by atomic mass is 9.93. The Morgan fingerprint density at radius 2 is 1.95 bits per heavy atom. The molecule has 6 nitrogen and oxygen atoms in total. The van der Waals surface area contributed by atoms with E-state index < -0.39 is 17.9 Å². The molecule has 1 aromatic heterocycles.